The zero-order valence-electron chi connectivity index (χ0n) is 18.0. The summed E-state index contributed by atoms with van der Waals surface area (Å²) < 4.78 is 11.8. The number of amides is 2. The Morgan fingerprint density at radius 2 is 1.65 bits per heavy atom. The van der Waals surface area contributed by atoms with Crippen LogP contribution in [-0.4, -0.2) is 34.8 Å². The van der Waals surface area contributed by atoms with Crippen LogP contribution in [0.4, 0.5) is 4.79 Å². The highest BCUT2D eigenvalue weighted by molar-refractivity contribution is 5.75. The summed E-state index contributed by atoms with van der Waals surface area (Å²) in [5.41, 5.74) is 6.18. The molecule has 1 atom stereocenters. The molecule has 1 heterocycles. The number of nitrogens with two attached hydrogens (primary N) is 1. The molecule has 2 aromatic carbocycles. The van der Waals surface area contributed by atoms with Gasteiger partial charge in [-0.2, -0.15) is 0 Å². The first-order chi connectivity index (χ1) is 14.7. The number of fused-ring (bicyclic) bond motifs is 2. The topological polar surface area (TPSA) is 98.9 Å². The Balaban J connectivity index is 2.15. The molecule has 31 heavy (non-hydrogen) atoms. The van der Waals surface area contributed by atoms with Gasteiger partial charge in [-0.15, -0.1) is 0 Å². The number of benzene rings is 2. The Kier molecular flexibility index (Phi) is 6.63. The fourth-order valence-corrected chi connectivity index (χ4v) is 3.75. The van der Waals surface area contributed by atoms with E-state index in [-0.39, 0.29) is 19.3 Å². The van der Waals surface area contributed by atoms with Gasteiger partial charge in [-0.05, 0) is 39.3 Å². The molecule has 164 valence electrons. The second-order valence-corrected chi connectivity index (χ2v) is 8.53. The van der Waals surface area contributed by atoms with Crippen molar-refractivity contribution in [3.63, 3.8) is 0 Å². The van der Waals surface area contributed by atoms with E-state index in [1.807, 2.05) is 48.5 Å². The number of ether oxygens (including phenoxy) is 2. The molecule has 1 unspecified atom stereocenters. The van der Waals surface area contributed by atoms with Crippen LogP contribution >= 0.6 is 0 Å². The maximum absolute atomic E-state index is 13.5. The zero-order valence-corrected chi connectivity index (χ0v) is 18.0. The minimum atomic E-state index is -0.741. The van der Waals surface area contributed by atoms with E-state index in [1.54, 1.807) is 25.7 Å². The molecule has 0 saturated carbocycles. The molecule has 0 saturated heterocycles. The van der Waals surface area contributed by atoms with E-state index in [0.717, 1.165) is 17.4 Å². The average Bonchev–Trinajstić information content (AvgIpc) is 2.70. The molecule has 0 fully saturated rings. The Morgan fingerprint density at radius 3 is 2.13 bits per heavy atom. The quantitative estimate of drug-likeness (QED) is 0.667. The van der Waals surface area contributed by atoms with Gasteiger partial charge in [0, 0.05) is 30.0 Å². The number of aldehydes is 1. The third kappa shape index (κ3) is 5.23. The fraction of sp³-hybridized carbons (Fsp3) is 0.375. The van der Waals surface area contributed by atoms with Crippen molar-refractivity contribution in [1.29, 1.82) is 0 Å². The lowest BCUT2D eigenvalue weighted by Crippen LogP contribution is -2.47. The summed E-state index contributed by atoms with van der Waals surface area (Å²) in [6, 6.07) is 13.8. The van der Waals surface area contributed by atoms with Crippen molar-refractivity contribution < 1.29 is 23.9 Å². The lowest BCUT2D eigenvalue weighted by Gasteiger charge is -2.41. The number of hydrogen-bond donors (Lipinski definition) is 1. The van der Waals surface area contributed by atoms with E-state index in [4.69, 9.17) is 15.2 Å². The summed E-state index contributed by atoms with van der Waals surface area (Å²) in [5, 5.41) is 0. The Bertz CT molecular complexity index is 921. The number of para-hydroxylation sites is 2. The molecule has 7 heteroatoms. The molecule has 0 aromatic heterocycles. The van der Waals surface area contributed by atoms with Crippen LogP contribution in [0.1, 0.15) is 57.2 Å². The first-order valence-corrected chi connectivity index (χ1v) is 10.3. The summed E-state index contributed by atoms with van der Waals surface area (Å²) in [7, 11) is 0. The van der Waals surface area contributed by atoms with E-state index in [2.05, 4.69) is 0 Å². The van der Waals surface area contributed by atoms with Gasteiger partial charge >= 0.3 is 6.09 Å². The van der Waals surface area contributed by atoms with Gasteiger partial charge in [0.05, 0.1) is 6.04 Å². The van der Waals surface area contributed by atoms with Crippen LogP contribution in [0, 0.1) is 0 Å². The van der Waals surface area contributed by atoms with E-state index >= 15 is 0 Å². The standard InChI is InChI=1S/C24H28N2O5/c1-24(2,3)31-23(29)26(16(14-15-27)12-13-21(25)28)22-17-8-4-6-10-19(17)30-20-11-7-5-9-18(20)22/h4-11,15-16,22H,12-14H2,1-3H3,(H2,25,28). The SMILES string of the molecule is CC(C)(C)OC(=O)N(C(CC=O)CCC(N)=O)C1c2ccccc2Oc2ccccc21. The summed E-state index contributed by atoms with van der Waals surface area (Å²) in [6.07, 6.45) is 0.522. The van der Waals surface area contributed by atoms with Crippen molar-refractivity contribution in [2.45, 2.75) is 57.7 Å². The largest absolute Gasteiger partial charge is 0.457 e. The van der Waals surface area contributed by atoms with E-state index < -0.39 is 29.7 Å². The summed E-state index contributed by atoms with van der Waals surface area (Å²) in [4.78, 5) is 38.0. The highest BCUT2D eigenvalue weighted by Gasteiger charge is 2.40. The first-order valence-electron chi connectivity index (χ1n) is 10.3. The van der Waals surface area contributed by atoms with Gasteiger partial charge in [0.2, 0.25) is 5.91 Å². The van der Waals surface area contributed by atoms with Gasteiger partial charge in [-0.1, -0.05) is 36.4 Å². The smallest absolute Gasteiger partial charge is 0.411 e. The van der Waals surface area contributed by atoms with E-state index in [1.165, 1.54) is 0 Å². The molecule has 0 spiro atoms. The fourth-order valence-electron chi connectivity index (χ4n) is 3.75. The summed E-state index contributed by atoms with van der Waals surface area (Å²) >= 11 is 0. The molecule has 2 N–H and O–H groups in total. The molecule has 2 aromatic rings. The van der Waals surface area contributed by atoms with Gasteiger partial charge in [-0.3, -0.25) is 9.69 Å². The molecule has 0 bridgehead atoms. The Labute approximate surface area is 182 Å². The molecule has 0 aliphatic carbocycles. The lowest BCUT2D eigenvalue weighted by atomic mass is 9.91. The molecule has 0 radical (unpaired) electrons. The number of hydrogen-bond acceptors (Lipinski definition) is 5. The van der Waals surface area contributed by atoms with Crippen molar-refractivity contribution in [3.05, 3.63) is 59.7 Å². The van der Waals surface area contributed by atoms with Crippen LogP contribution in [0.3, 0.4) is 0 Å². The molecule has 2 amide bonds. The van der Waals surface area contributed by atoms with Crippen molar-refractivity contribution in [2.24, 2.45) is 5.73 Å². The predicted molar refractivity (Wildman–Crippen MR) is 116 cm³/mol. The normalized spacial score (nSPS) is 13.9. The van der Waals surface area contributed by atoms with Crippen molar-refractivity contribution in [2.75, 3.05) is 0 Å². The molecular weight excluding hydrogens is 396 g/mol. The second-order valence-electron chi connectivity index (χ2n) is 8.53. The maximum Gasteiger partial charge on any atom is 0.411 e. The molecule has 3 rings (SSSR count). The van der Waals surface area contributed by atoms with Crippen LogP contribution < -0.4 is 10.5 Å². The third-order valence-corrected chi connectivity index (χ3v) is 5.02. The Hall–Kier alpha value is -3.35. The van der Waals surface area contributed by atoms with Gasteiger partial charge in [0.25, 0.3) is 0 Å². The molecule has 7 nitrogen and oxygen atoms in total. The molecule has 1 aliphatic heterocycles. The minimum absolute atomic E-state index is 0.0460. The van der Waals surface area contributed by atoms with Gasteiger partial charge in [-0.25, -0.2) is 4.79 Å². The average molecular weight is 424 g/mol. The predicted octanol–water partition coefficient (Wildman–Crippen LogP) is 4.34. The molecule has 1 aliphatic rings. The van der Waals surface area contributed by atoms with Crippen molar-refractivity contribution in [1.82, 2.24) is 4.90 Å². The van der Waals surface area contributed by atoms with Gasteiger partial charge in [0.15, 0.2) is 0 Å². The van der Waals surface area contributed by atoms with Crippen LogP contribution in [0.2, 0.25) is 0 Å². The highest BCUT2D eigenvalue weighted by atomic mass is 16.6. The van der Waals surface area contributed by atoms with Crippen LogP contribution in [-0.2, 0) is 14.3 Å². The first kappa shape index (κ1) is 22.3. The van der Waals surface area contributed by atoms with Crippen molar-refractivity contribution >= 4 is 18.3 Å². The number of nitrogens with zero attached hydrogens (tertiary/aromatic N) is 1. The van der Waals surface area contributed by atoms with E-state index in [9.17, 15) is 14.4 Å². The Morgan fingerprint density at radius 1 is 1.10 bits per heavy atom. The number of rotatable bonds is 7. The van der Waals surface area contributed by atoms with Gasteiger partial charge in [0.1, 0.15) is 23.4 Å². The van der Waals surface area contributed by atoms with E-state index in [0.29, 0.717) is 11.5 Å². The maximum atomic E-state index is 13.5. The zero-order chi connectivity index (χ0) is 22.6. The minimum Gasteiger partial charge on any atom is -0.457 e. The summed E-state index contributed by atoms with van der Waals surface area (Å²) in [5.74, 6) is 0.756. The third-order valence-electron chi connectivity index (χ3n) is 5.02. The van der Waals surface area contributed by atoms with Crippen LogP contribution in [0.25, 0.3) is 0 Å². The van der Waals surface area contributed by atoms with Gasteiger partial charge < -0.3 is 20.0 Å². The number of primary amides is 1. The van der Waals surface area contributed by atoms with Crippen LogP contribution in [0.15, 0.2) is 48.5 Å². The number of carbonyl (C=O) groups is 3. The number of carbonyl (C=O) groups excluding carboxylic acids is 3. The molecular formula is C24H28N2O5. The lowest BCUT2D eigenvalue weighted by molar-refractivity contribution is -0.119. The second kappa shape index (κ2) is 9.20. The highest BCUT2D eigenvalue weighted by Crippen LogP contribution is 2.47. The van der Waals surface area contributed by atoms with Crippen LogP contribution in [0.5, 0.6) is 11.5 Å². The van der Waals surface area contributed by atoms with Crippen molar-refractivity contribution in [3.8, 4) is 11.5 Å². The monoisotopic (exact) mass is 424 g/mol. The summed E-state index contributed by atoms with van der Waals surface area (Å²) in [6.45, 7) is 5.35.